The van der Waals surface area contributed by atoms with Crippen LogP contribution in [0.15, 0.2) is 68.6 Å². The number of unbranched alkanes of at least 4 members (excludes halogenated alkanes) is 1. The molecule has 0 fully saturated rings. The molecular weight excluding hydrogens is 534 g/mol. The number of non-ortho nitro benzene ring substituents is 1. The summed E-state index contributed by atoms with van der Waals surface area (Å²) in [6, 6.07) is 15.6. The molecule has 0 bridgehead atoms. The van der Waals surface area contributed by atoms with Crippen molar-refractivity contribution >= 4 is 39.1 Å². The lowest BCUT2D eigenvalue weighted by Gasteiger charge is -2.16. The highest BCUT2D eigenvalue weighted by molar-refractivity contribution is 9.10. The highest BCUT2D eigenvalue weighted by atomic mass is 79.9. The molecule has 0 saturated carbocycles. The number of nitrogens with one attached hydrogen (secondary N) is 1. The van der Waals surface area contributed by atoms with Gasteiger partial charge in [-0.25, -0.2) is 0 Å². The van der Waals surface area contributed by atoms with Crippen LogP contribution in [-0.2, 0) is 0 Å². The molecule has 0 radical (unpaired) electrons. The molecule has 1 unspecified atom stereocenters. The Bertz CT molecular complexity index is 1400. The first-order valence-electron chi connectivity index (χ1n) is 11.0. The van der Waals surface area contributed by atoms with Crippen LogP contribution < -0.4 is 10.1 Å². The van der Waals surface area contributed by atoms with E-state index < -0.39 is 11.2 Å². The molecule has 0 aliphatic carbocycles. The van der Waals surface area contributed by atoms with Crippen molar-refractivity contribution in [1.82, 2.24) is 15.2 Å². The van der Waals surface area contributed by atoms with E-state index in [-0.39, 0.29) is 5.69 Å². The highest BCUT2D eigenvalue weighted by Crippen LogP contribution is 2.41. The van der Waals surface area contributed by atoms with Crippen molar-refractivity contribution in [3.8, 4) is 28.5 Å². The molecule has 0 saturated heterocycles. The van der Waals surface area contributed by atoms with Gasteiger partial charge in [-0.05, 0) is 36.8 Å². The van der Waals surface area contributed by atoms with Crippen LogP contribution in [0.25, 0.3) is 22.6 Å². The zero-order chi connectivity index (χ0) is 24.4. The first-order chi connectivity index (χ1) is 17.0. The second-order valence-corrected chi connectivity index (χ2v) is 9.77. The maximum Gasteiger partial charge on any atom is 0.270 e. The molecular formula is C24H20BrN5O4S. The van der Waals surface area contributed by atoms with Crippen molar-refractivity contribution in [3.05, 3.63) is 74.9 Å². The van der Waals surface area contributed by atoms with Gasteiger partial charge in [-0.15, -0.1) is 10.2 Å². The van der Waals surface area contributed by atoms with Gasteiger partial charge in [0.05, 0.1) is 4.92 Å². The minimum absolute atomic E-state index is 0.00593. The number of fused-ring (bicyclic) bond motifs is 3. The summed E-state index contributed by atoms with van der Waals surface area (Å²) >= 11 is 5.06. The molecule has 9 nitrogen and oxygen atoms in total. The van der Waals surface area contributed by atoms with Gasteiger partial charge in [0, 0.05) is 39.2 Å². The zero-order valence-corrected chi connectivity index (χ0v) is 21.0. The summed E-state index contributed by atoms with van der Waals surface area (Å²) in [6.45, 7) is 2.14. The van der Waals surface area contributed by atoms with E-state index in [1.165, 1.54) is 23.9 Å². The number of hydrogen-bond donors (Lipinski definition) is 1. The Morgan fingerprint density at radius 3 is 2.89 bits per heavy atom. The number of ether oxygens (including phenoxy) is 1. The Kier molecular flexibility index (Phi) is 6.69. The number of nitro groups is 1. The van der Waals surface area contributed by atoms with Crippen LogP contribution in [-0.4, -0.2) is 25.9 Å². The van der Waals surface area contributed by atoms with E-state index in [2.05, 4.69) is 43.4 Å². The molecule has 3 heterocycles. The Balaban J connectivity index is 1.51. The minimum Gasteiger partial charge on any atom is -0.455 e. The van der Waals surface area contributed by atoms with E-state index in [0.717, 1.165) is 34.3 Å². The van der Waals surface area contributed by atoms with E-state index in [0.29, 0.717) is 33.8 Å². The molecule has 1 aliphatic rings. The third kappa shape index (κ3) is 5.01. The summed E-state index contributed by atoms with van der Waals surface area (Å²) in [5, 5.41) is 23.8. The Hall–Kier alpha value is -3.44. The first kappa shape index (κ1) is 23.3. The summed E-state index contributed by atoms with van der Waals surface area (Å²) < 4.78 is 13.2. The number of thioether (sulfide) groups is 1. The quantitative estimate of drug-likeness (QED) is 0.113. The molecule has 11 heteroatoms. The van der Waals surface area contributed by atoms with Crippen molar-refractivity contribution in [2.24, 2.45) is 0 Å². The molecule has 1 N–H and O–H groups in total. The van der Waals surface area contributed by atoms with E-state index in [1.807, 2.05) is 18.2 Å². The molecule has 0 amide bonds. The van der Waals surface area contributed by atoms with E-state index in [9.17, 15) is 10.1 Å². The fourth-order valence-electron chi connectivity index (χ4n) is 3.59. The summed E-state index contributed by atoms with van der Waals surface area (Å²) in [7, 11) is 0. The monoisotopic (exact) mass is 553 g/mol. The average molecular weight is 554 g/mol. The van der Waals surface area contributed by atoms with Crippen LogP contribution in [0.5, 0.6) is 5.88 Å². The third-order valence-corrected chi connectivity index (χ3v) is 6.76. The largest absolute Gasteiger partial charge is 0.455 e. The van der Waals surface area contributed by atoms with Gasteiger partial charge in [0.1, 0.15) is 5.76 Å². The van der Waals surface area contributed by atoms with Crippen LogP contribution in [0.1, 0.15) is 31.8 Å². The van der Waals surface area contributed by atoms with Crippen LogP contribution in [0.4, 0.5) is 11.4 Å². The van der Waals surface area contributed by atoms with Gasteiger partial charge in [-0.1, -0.05) is 53.2 Å². The van der Waals surface area contributed by atoms with Crippen LogP contribution in [0, 0.1) is 10.1 Å². The summed E-state index contributed by atoms with van der Waals surface area (Å²) in [5.41, 5.74) is 2.71. The van der Waals surface area contributed by atoms with E-state index >= 15 is 0 Å². The van der Waals surface area contributed by atoms with Crippen molar-refractivity contribution in [2.45, 2.75) is 31.1 Å². The van der Waals surface area contributed by atoms with Gasteiger partial charge in [0.25, 0.3) is 5.69 Å². The summed E-state index contributed by atoms with van der Waals surface area (Å²) in [5.74, 6) is 2.23. The van der Waals surface area contributed by atoms with Crippen molar-refractivity contribution in [3.63, 3.8) is 0 Å². The second-order valence-electron chi connectivity index (χ2n) is 7.79. The number of rotatable bonds is 7. The maximum atomic E-state index is 11.2. The van der Waals surface area contributed by atoms with Gasteiger partial charge in [-0.2, -0.15) is 4.98 Å². The number of hydrogen-bond acceptors (Lipinski definition) is 9. The number of nitrogens with zero attached hydrogens (tertiary/aromatic N) is 4. The number of aromatic nitrogens is 3. The fraction of sp³-hybridized carbons (Fsp3) is 0.208. The molecule has 178 valence electrons. The molecule has 1 aliphatic heterocycles. The Morgan fingerprint density at radius 1 is 1.17 bits per heavy atom. The number of anilines is 1. The number of nitro benzene ring substituents is 1. The smallest absolute Gasteiger partial charge is 0.270 e. The van der Waals surface area contributed by atoms with Crippen LogP contribution >= 0.6 is 27.7 Å². The Labute approximate surface area is 213 Å². The fourth-order valence-corrected chi connectivity index (χ4v) is 4.81. The lowest BCUT2D eigenvalue weighted by Crippen LogP contribution is -2.16. The molecule has 35 heavy (non-hydrogen) atoms. The summed E-state index contributed by atoms with van der Waals surface area (Å²) in [6.07, 6.45) is 1.44. The average Bonchev–Trinajstić information content (AvgIpc) is 3.30. The van der Waals surface area contributed by atoms with Gasteiger partial charge in [0.2, 0.25) is 17.3 Å². The second kappa shape index (κ2) is 10.0. The Morgan fingerprint density at radius 2 is 2.06 bits per heavy atom. The van der Waals surface area contributed by atoms with Gasteiger partial charge in [0.15, 0.2) is 11.5 Å². The highest BCUT2D eigenvalue weighted by Gasteiger charge is 2.28. The zero-order valence-electron chi connectivity index (χ0n) is 18.6. The molecule has 2 aromatic carbocycles. The molecule has 5 rings (SSSR count). The summed E-state index contributed by atoms with van der Waals surface area (Å²) in [4.78, 5) is 15.4. The van der Waals surface area contributed by atoms with Crippen LogP contribution in [0.2, 0.25) is 0 Å². The van der Waals surface area contributed by atoms with E-state index in [1.54, 1.807) is 24.3 Å². The molecule has 4 aromatic rings. The predicted molar refractivity (Wildman–Crippen MR) is 136 cm³/mol. The van der Waals surface area contributed by atoms with Crippen molar-refractivity contribution in [1.29, 1.82) is 0 Å². The minimum atomic E-state index is -0.700. The number of furan rings is 1. The van der Waals surface area contributed by atoms with Gasteiger partial charge >= 0.3 is 0 Å². The van der Waals surface area contributed by atoms with Crippen LogP contribution in [0.3, 0.4) is 0 Å². The molecule has 0 spiro atoms. The molecule has 2 aromatic heterocycles. The third-order valence-electron chi connectivity index (χ3n) is 5.34. The number of halogens is 1. The lowest BCUT2D eigenvalue weighted by molar-refractivity contribution is -0.384. The predicted octanol–water partition coefficient (Wildman–Crippen LogP) is 6.86. The van der Waals surface area contributed by atoms with Gasteiger partial charge in [-0.3, -0.25) is 10.1 Å². The molecule has 1 atom stereocenters. The van der Waals surface area contributed by atoms with E-state index in [4.69, 9.17) is 9.15 Å². The normalized spacial score (nSPS) is 14.3. The van der Waals surface area contributed by atoms with Crippen molar-refractivity contribution < 1.29 is 14.1 Å². The lowest BCUT2D eigenvalue weighted by atomic mass is 10.1. The topological polar surface area (TPSA) is 116 Å². The number of benzene rings is 2. The van der Waals surface area contributed by atoms with Crippen molar-refractivity contribution in [2.75, 3.05) is 11.1 Å². The van der Waals surface area contributed by atoms with Gasteiger partial charge < -0.3 is 14.5 Å². The maximum absolute atomic E-state index is 11.2. The first-order valence-corrected chi connectivity index (χ1v) is 12.7. The standard InChI is InChI=1S/C24H20BrN5O4S/c1-2-3-11-35-24-27-23-21(28-29-24)17-13-15(25)7-8-18(17)26-22(34-23)20-10-9-19(33-20)14-5-4-6-16(12-14)30(31)32/h4-10,12-13,22,26H,2-3,11H2,1H3. The SMILES string of the molecule is CCCCSc1nnc2c(n1)OC(c1ccc(-c3cccc([N+](=O)[O-])c3)o1)Nc1ccc(Br)cc1-2.